The minimum absolute atomic E-state index is 0. The monoisotopic (exact) mass is 291 g/mol. The lowest BCUT2D eigenvalue weighted by molar-refractivity contribution is 0.0980. The van der Waals surface area contributed by atoms with Crippen LogP contribution in [0.5, 0.6) is 0 Å². The molecule has 1 aromatic heterocycles. The first kappa shape index (κ1) is 14.6. The number of carbonyl (C=O) groups excluding carboxylic acids is 1. The average Bonchev–Trinajstić information content (AvgIpc) is 2.74. The number of rotatable bonds is 1. The van der Waals surface area contributed by atoms with Crippen molar-refractivity contribution in [2.24, 2.45) is 7.05 Å². The van der Waals surface area contributed by atoms with Crippen LogP contribution in [0.1, 0.15) is 16.1 Å². The Morgan fingerprint density at radius 3 is 2.75 bits per heavy atom. The fourth-order valence-electron chi connectivity index (χ4n) is 2.49. The molecule has 0 saturated heterocycles. The predicted octanol–water partition coefficient (Wildman–Crippen LogP) is 2.20. The van der Waals surface area contributed by atoms with Crippen molar-refractivity contribution < 1.29 is 4.79 Å². The van der Waals surface area contributed by atoms with Gasteiger partial charge in [-0.25, -0.2) is 0 Å². The molecule has 0 fully saturated rings. The Hall–Kier alpha value is -1.78. The third kappa shape index (κ3) is 2.57. The van der Waals surface area contributed by atoms with E-state index >= 15 is 0 Å². The van der Waals surface area contributed by atoms with Crippen molar-refractivity contribution in [1.29, 1.82) is 0 Å². The van der Waals surface area contributed by atoms with Gasteiger partial charge in [0, 0.05) is 38.6 Å². The van der Waals surface area contributed by atoms with E-state index in [1.165, 1.54) is 5.56 Å². The summed E-state index contributed by atoms with van der Waals surface area (Å²) in [6.45, 7) is 2.32. The normalized spacial score (nSPS) is 14.2. The first-order chi connectivity index (χ1) is 9.27. The van der Waals surface area contributed by atoms with Crippen LogP contribution in [-0.2, 0) is 13.6 Å². The average molecular weight is 292 g/mol. The number of hydrogen-bond acceptors (Lipinski definition) is 2. The van der Waals surface area contributed by atoms with Gasteiger partial charge >= 0.3 is 0 Å². The van der Waals surface area contributed by atoms with E-state index < -0.39 is 0 Å². The molecule has 1 N–H and O–H groups in total. The van der Waals surface area contributed by atoms with Crippen molar-refractivity contribution in [1.82, 2.24) is 9.88 Å². The molecule has 0 radical (unpaired) electrons. The molecule has 1 aliphatic heterocycles. The van der Waals surface area contributed by atoms with E-state index in [2.05, 4.69) is 11.4 Å². The molecule has 0 aliphatic carbocycles. The van der Waals surface area contributed by atoms with E-state index in [4.69, 9.17) is 0 Å². The lowest BCUT2D eigenvalue weighted by Gasteiger charge is -2.22. The Labute approximate surface area is 124 Å². The van der Waals surface area contributed by atoms with E-state index in [0.717, 1.165) is 24.5 Å². The summed E-state index contributed by atoms with van der Waals surface area (Å²) in [6, 6.07) is 11.8. The summed E-state index contributed by atoms with van der Waals surface area (Å²) in [5.74, 6) is 0.0589. The highest BCUT2D eigenvalue weighted by molar-refractivity contribution is 6.05. The fraction of sp³-hybridized carbons (Fsp3) is 0.267. The topological polar surface area (TPSA) is 37.3 Å². The van der Waals surface area contributed by atoms with Gasteiger partial charge in [-0.3, -0.25) is 4.79 Å². The minimum atomic E-state index is 0. The third-order valence-corrected chi connectivity index (χ3v) is 3.52. The van der Waals surface area contributed by atoms with Crippen LogP contribution in [0.25, 0.3) is 0 Å². The van der Waals surface area contributed by atoms with Gasteiger partial charge in [0.05, 0.1) is 0 Å². The third-order valence-electron chi connectivity index (χ3n) is 3.52. The van der Waals surface area contributed by atoms with Gasteiger partial charge in [-0.2, -0.15) is 0 Å². The van der Waals surface area contributed by atoms with Gasteiger partial charge in [-0.15, -0.1) is 12.4 Å². The van der Waals surface area contributed by atoms with Crippen LogP contribution < -0.4 is 10.2 Å². The SMILES string of the molecule is Cl.Cn1cccc1C(=O)N1CCNCc2ccccc21. The fourth-order valence-corrected chi connectivity index (χ4v) is 2.49. The largest absolute Gasteiger partial charge is 0.347 e. The van der Waals surface area contributed by atoms with Crippen LogP contribution in [0.2, 0.25) is 0 Å². The molecule has 1 aliphatic rings. The summed E-state index contributed by atoms with van der Waals surface area (Å²) in [7, 11) is 1.90. The van der Waals surface area contributed by atoms with E-state index in [1.807, 2.05) is 53.0 Å². The number of nitrogens with one attached hydrogen (secondary N) is 1. The number of benzene rings is 1. The lowest BCUT2D eigenvalue weighted by Crippen LogP contribution is -2.35. The summed E-state index contributed by atoms with van der Waals surface area (Å²) in [5.41, 5.74) is 2.90. The highest BCUT2D eigenvalue weighted by Gasteiger charge is 2.23. The maximum Gasteiger partial charge on any atom is 0.274 e. The van der Waals surface area contributed by atoms with Crippen molar-refractivity contribution in [2.45, 2.75) is 6.54 Å². The molecule has 0 bridgehead atoms. The Morgan fingerprint density at radius 2 is 2.00 bits per heavy atom. The maximum absolute atomic E-state index is 12.7. The van der Waals surface area contributed by atoms with Crippen LogP contribution in [0, 0.1) is 0 Å². The van der Waals surface area contributed by atoms with Gasteiger partial charge in [0.15, 0.2) is 0 Å². The van der Waals surface area contributed by atoms with Crippen molar-refractivity contribution in [3.05, 3.63) is 53.9 Å². The van der Waals surface area contributed by atoms with Gasteiger partial charge < -0.3 is 14.8 Å². The Bertz CT molecular complexity index is 609. The molecule has 2 aromatic rings. The number of hydrogen-bond donors (Lipinski definition) is 1. The number of carbonyl (C=O) groups is 1. The highest BCUT2D eigenvalue weighted by atomic mass is 35.5. The number of aromatic nitrogens is 1. The number of anilines is 1. The van der Waals surface area contributed by atoms with Crippen LogP contribution in [0.3, 0.4) is 0 Å². The summed E-state index contributed by atoms with van der Waals surface area (Å²) in [5, 5.41) is 3.35. The summed E-state index contributed by atoms with van der Waals surface area (Å²) in [4.78, 5) is 14.5. The Kier molecular flexibility index (Phi) is 4.47. The number of para-hydroxylation sites is 1. The quantitative estimate of drug-likeness (QED) is 0.874. The highest BCUT2D eigenvalue weighted by Crippen LogP contribution is 2.23. The van der Waals surface area contributed by atoms with Crippen molar-refractivity contribution in [3.63, 3.8) is 0 Å². The van der Waals surface area contributed by atoms with E-state index in [0.29, 0.717) is 6.54 Å². The molecule has 4 nitrogen and oxygen atoms in total. The maximum atomic E-state index is 12.7. The zero-order valence-electron chi connectivity index (χ0n) is 11.4. The van der Waals surface area contributed by atoms with Crippen LogP contribution in [0.4, 0.5) is 5.69 Å². The van der Waals surface area contributed by atoms with Crippen LogP contribution >= 0.6 is 12.4 Å². The lowest BCUT2D eigenvalue weighted by atomic mass is 10.1. The molecule has 5 heteroatoms. The zero-order valence-corrected chi connectivity index (χ0v) is 12.2. The molecule has 0 spiro atoms. The van der Waals surface area contributed by atoms with E-state index in [9.17, 15) is 4.79 Å². The Morgan fingerprint density at radius 1 is 1.20 bits per heavy atom. The molecule has 20 heavy (non-hydrogen) atoms. The van der Waals surface area contributed by atoms with Gasteiger partial charge in [0.25, 0.3) is 5.91 Å². The molecule has 0 unspecified atom stereocenters. The molecular formula is C15H18ClN3O. The van der Waals surface area contributed by atoms with Crippen molar-refractivity contribution >= 4 is 24.0 Å². The van der Waals surface area contributed by atoms with E-state index in [-0.39, 0.29) is 18.3 Å². The number of aryl methyl sites for hydroxylation is 1. The van der Waals surface area contributed by atoms with Crippen molar-refractivity contribution in [2.75, 3.05) is 18.0 Å². The van der Waals surface area contributed by atoms with Crippen LogP contribution in [0.15, 0.2) is 42.6 Å². The molecule has 0 saturated carbocycles. The molecule has 0 atom stereocenters. The minimum Gasteiger partial charge on any atom is -0.347 e. The predicted molar refractivity (Wildman–Crippen MR) is 82.5 cm³/mol. The Balaban J connectivity index is 0.00000147. The molecule has 3 rings (SSSR count). The number of fused-ring (bicyclic) bond motifs is 1. The van der Waals surface area contributed by atoms with Crippen molar-refractivity contribution in [3.8, 4) is 0 Å². The molecule has 1 amide bonds. The molecular weight excluding hydrogens is 274 g/mol. The second-order valence-electron chi connectivity index (χ2n) is 4.77. The van der Waals surface area contributed by atoms with Gasteiger partial charge in [-0.05, 0) is 23.8 Å². The summed E-state index contributed by atoms with van der Waals surface area (Å²) in [6.07, 6.45) is 1.90. The molecule has 1 aromatic carbocycles. The second kappa shape index (κ2) is 6.11. The summed E-state index contributed by atoms with van der Waals surface area (Å²) >= 11 is 0. The summed E-state index contributed by atoms with van der Waals surface area (Å²) < 4.78 is 1.86. The molecule has 106 valence electrons. The number of halogens is 1. The second-order valence-corrected chi connectivity index (χ2v) is 4.77. The number of amides is 1. The van der Waals surface area contributed by atoms with Gasteiger partial charge in [-0.1, -0.05) is 18.2 Å². The van der Waals surface area contributed by atoms with Gasteiger partial charge in [0.1, 0.15) is 5.69 Å². The first-order valence-corrected chi connectivity index (χ1v) is 6.49. The standard InChI is InChI=1S/C15H17N3O.ClH/c1-17-9-4-7-14(17)15(19)18-10-8-16-11-12-5-2-3-6-13(12)18;/h2-7,9,16H,8,10-11H2,1H3;1H. The van der Waals surface area contributed by atoms with Crippen LogP contribution in [-0.4, -0.2) is 23.6 Å². The van der Waals surface area contributed by atoms with Gasteiger partial charge in [0.2, 0.25) is 0 Å². The first-order valence-electron chi connectivity index (χ1n) is 6.49. The smallest absolute Gasteiger partial charge is 0.274 e. The molecule has 2 heterocycles. The van der Waals surface area contributed by atoms with E-state index in [1.54, 1.807) is 0 Å². The zero-order chi connectivity index (χ0) is 13.2. The number of nitrogens with zero attached hydrogens (tertiary/aromatic N) is 2.